The monoisotopic (exact) mass is 423 g/mol. The predicted molar refractivity (Wildman–Crippen MR) is 118 cm³/mol. The summed E-state index contributed by atoms with van der Waals surface area (Å²) in [7, 11) is 5.14. The summed E-state index contributed by atoms with van der Waals surface area (Å²) in [6.45, 7) is 2.98. The van der Waals surface area contributed by atoms with Gasteiger partial charge in [0.15, 0.2) is 11.5 Å². The number of hydrogen-bond donors (Lipinski definition) is 1. The Balaban J connectivity index is 1.50. The summed E-state index contributed by atoms with van der Waals surface area (Å²) >= 11 is 0. The molecule has 2 aliphatic rings. The van der Waals surface area contributed by atoms with Crippen molar-refractivity contribution in [2.24, 2.45) is 0 Å². The molecule has 2 aliphatic heterocycles. The summed E-state index contributed by atoms with van der Waals surface area (Å²) in [4.78, 5) is 28.7. The molecule has 1 saturated heterocycles. The quantitative estimate of drug-likeness (QED) is 0.762. The van der Waals surface area contributed by atoms with Gasteiger partial charge in [0.1, 0.15) is 5.75 Å². The number of likely N-dealkylation sites (N-methyl/N-ethyl adjacent to an activating group) is 1. The van der Waals surface area contributed by atoms with E-state index in [2.05, 4.69) is 10.2 Å². The van der Waals surface area contributed by atoms with E-state index in [4.69, 9.17) is 14.2 Å². The molecule has 31 heavy (non-hydrogen) atoms. The number of piperazine rings is 1. The molecule has 8 heteroatoms. The van der Waals surface area contributed by atoms with Crippen LogP contribution in [0.4, 0.5) is 10.5 Å². The van der Waals surface area contributed by atoms with Crippen LogP contribution in [0.1, 0.15) is 11.1 Å². The highest BCUT2D eigenvalue weighted by atomic mass is 16.6. The number of hydrogen-bond acceptors (Lipinski definition) is 6. The molecular weight excluding hydrogens is 398 g/mol. The average Bonchev–Trinajstić information content (AvgIpc) is 3.08. The molecule has 2 heterocycles. The van der Waals surface area contributed by atoms with Crippen LogP contribution in [-0.4, -0.2) is 69.2 Å². The molecule has 0 aromatic heterocycles. The Hall–Kier alpha value is -3.52. The van der Waals surface area contributed by atoms with Gasteiger partial charge < -0.3 is 29.3 Å². The Kier molecular flexibility index (Phi) is 5.81. The highest BCUT2D eigenvalue weighted by Crippen LogP contribution is 2.41. The second-order valence-electron chi connectivity index (χ2n) is 7.49. The number of anilines is 1. The lowest BCUT2D eigenvalue weighted by atomic mass is 10.0. The molecule has 4 rings (SSSR count). The van der Waals surface area contributed by atoms with E-state index >= 15 is 0 Å². The number of nitrogens with zero attached hydrogens (tertiary/aromatic N) is 2. The Morgan fingerprint density at radius 3 is 2.29 bits per heavy atom. The number of carbonyl (C=O) groups is 2. The maximum Gasteiger partial charge on any atom is 0.415 e. The van der Waals surface area contributed by atoms with E-state index in [9.17, 15) is 9.59 Å². The Labute approximate surface area is 181 Å². The number of fused-ring (bicyclic) bond motifs is 1. The summed E-state index contributed by atoms with van der Waals surface area (Å²) < 4.78 is 16.1. The molecule has 0 radical (unpaired) electrons. The molecule has 8 nitrogen and oxygen atoms in total. The van der Waals surface area contributed by atoms with E-state index in [0.717, 1.165) is 24.2 Å². The van der Waals surface area contributed by atoms with E-state index in [0.29, 0.717) is 41.6 Å². The maximum absolute atomic E-state index is 12.5. The zero-order valence-corrected chi connectivity index (χ0v) is 17.8. The van der Waals surface area contributed by atoms with E-state index < -0.39 is 0 Å². The van der Waals surface area contributed by atoms with Crippen LogP contribution >= 0.6 is 0 Å². The van der Waals surface area contributed by atoms with Gasteiger partial charge >= 0.3 is 6.09 Å². The van der Waals surface area contributed by atoms with Gasteiger partial charge in [-0.2, -0.15) is 0 Å². The summed E-state index contributed by atoms with van der Waals surface area (Å²) in [6, 6.07) is 10.6. The highest BCUT2D eigenvalue weighted by Gasteiger charge is 2.26. The zero-order valence-electron chi connectivity index (χ0n) is 17.8. The van der Waals surface area contributed by atoms with Gasteiger partial charge in [-0.05, 0) is 36.9 Å². The smallest absolute Gasteiger partial charge is 0.415 e. The zero-order chi connectivity index (χ0) is 22.0. The lowest BCUT2D eigenvalue weighted by molar-refractivity contribution is -0.110. The van der Waals surface area contributed by atoms with Gasteiger partial charge in [-0.3, -0.25) is 4.79 Å². The molecule has 2 aromatic rings. The maximum atomic E-state index is 12.5. The highest BCUT2D eigenvalue weighted by molar-refractivity contribution is 6.35. The van der Waals surface area contributed by atoms with Crippen LogP contribution in [0.2, 0.25) is 0 Å². The van der Waals surface area contributed by atoms with Crippen LogP contribution in [0.5, 0.6) is 17.2 Å². The Bertz CT molecular complexity index is 1020. The third kappa shape index (κ3) is 4.34. The minimum Gasteiger partial charge on any atom is -0.493 e. The fraction of sp³-hybridized carbons (Fsp3) is 0.304. The first-order valence-electron chi connectivity index (χ1n) is 10.0. The van der Waals surface area contributed by atoms with Crippen molar-refractivity contribution in [3.63, 3.8) is 0 Å². The Morgan fingerprint density at radius 1 is 1.00 bits per heavy atom. The summed E-state index contributed by atoms with van der Waals surface area (Å²) in [5, 5.41) is 2.85. The molecule has 0 aliphatic carbocycles. The minimum atomic E-state index is -0.343. The number of carbonyl (C=O) groups excluding carboxylic acids is 2. The number of ether oxygens (including phenoxy) is 3. The van der Waals surface area contributed by atoms with E-state index in [1.54, 1.807) is 49.5 Å². The number of rotatable bonds is 4. The van der Waals surface area contributed by atoms with Crippen molar-refractivity contribution in [2.45, 2.75) is 0 Å². The average molecular weight is 423 g/mol. The van der Waals surface area contributed by atoms with Crippen molar-refractivity contribution < 1.29 is 23.8 Å². The van der Waals surface area contributed by atoms with Crippen molar-refractivity contribution in [2.75, 3.05) is 52.8 Å². The topological polar surface area (TPSA) is 80.3 Å². The molecule has 2 amide bonds. The van der Waals surface area contributed by atoms with Crippen molar-refractivity contribution >= 4 is 29.3 Å². The van der Waals surface area contributed by atoms with Crippen LogP contribution in [0.3, 0.4) is 0 Å². The third-order valence-electron chi connectivity index (χ3n) is 5.46. The predicted octanol–water partition coefficient (Wildman–Crippen LogP) is 2.94. The van der Waals surface area contributed by atoms with Crippen LogP contribution in [0.25, 0.3) is 11.6 Å². The van der Waals surface area contributed by atoms with Crippen LogP contribution in [0.15, 0.2) is 36.4 Å². The first kappa shape index (κ1) is 20.7. The lowest BCUT2D eigenvalue weighted by Crippen LogP contribution is -2.48. The molecule has 0 unspecified atom stereocenters. The molecule has 0 spiro atoms. The van der Waals surface area contributed by atoms with E-state index in [1.165, 1.54) is 0 Å². The van der Waals surface area contributed by atoms with Gasteiger partial charge in [0.25, 0.3) is 5.91 Å². The normalized spacial score (nSPS) is 17.3. The van der Waals surface area contributed by atoms with Crippen LogP contribution in [-0.2, 0) is 4.79 Å². The molecule has 1 N–H and O–H groups in total. The van der Waals surface area contributed by atoms with Gasteiger partial charge in [-0.1, -0.05) is 12.1 Å². The van der Waals surface area contributed by atoms with Gasteiger partial charge in [0, 0.05) is 43.4 Å². The molecule has 1 fully saturated rings. The number of nitrogens with one attached hydrogen (secondary N) is 1. The van der Waals surface area contributed by atoms with Crippen molar-refractivity contribution in [3.8, 4) is 17.2 Å². The van der Waals surface area contributed by atoms with E-state index in [1.807, 2.05) is 19.2 Å². The molecular formula is C23H25N3O5. The third-order valence-corrected chi connectivity index (χ3v) is 5.46. The van der Waals surface area contributed by atoms with E-state index in [-0.39, 0.29) is 12.0 Å². The Morgan fingerprint density at radius 2 is 1.65 bits per heavy atom. The van der Waals surface area contributed by atoms with Crippen molar-refractivity contribution in [3.05, 3.63) is 47.5 Å². The molecule has 2 aromatic carbocycles. The molecule has 0 atom stereocenters. The fourth-order valence-electron chi connectivity index (χ4n) is 3.61. The molecule has 162 valence electrons. The standard InChI is InChI=1S/C23H25N3O5/c1-25-8-10-26(11-9-25)23(28)31-16-6-4-15(5-7-16)12-18-17-13-20(29-2)21(30-3)14-19(17)24-22(18)27/h4-7,12-14H,8-11H2,1-3H3,(H,24,27)/b18-12+. The number of benzene rings is 2. The molecule has 0 saturated carbocycles. The number of methoxy groups -OCH3 is 2. The minimum absolute atomic E-state index is 0.198. The second-order valence-corrected chi connectivity index (χ2v) is 7.49. The number of amides is 2. The van der Waals surface area contributed by atoms with Gasteiger partial charge in [0.2, 0.25) is 0 Å². The van der Waals surface area contributed by atoms with Gasteiger partial charge in [0.05, 0.1) is 19.9 Å². The summed E-state index contributed by atoms with van der Waals surface area (Å²) in [6.07, 6.45) is 1.45. The lowest BCUT2D eigenvalue weighted by Gasteiger charge is -2.31. The second kappa shape index (κ2) is 8.69. The van der Waals surface area contributed by atoms with Gasteiger partial charge in [-0.15, -0.1) is 0 Å². The van der Waals surface area contributed by atoms with Crippen molar-refractivity contribution in [1.82, 2.24) is 9.80 Å². The van der Waals surface area contributed by atoms with Crippen LogP contribution in [0, 0.1) is 0 Å². The van der Waals surface area contributed by atoms with Gasteiger partial charge in [-0.25, -0.2) is 4.79 Å². The first-order valence-corrected chi connectivity index (χ1v) is 10.0. The largest absolute Gasteiger partial charge is 0.493 e. The fourth-order valence-corrected chi connectivity index (χ4v) is 3.61. The summed E-state index contributed by atoms with van der Waals surface area (Å²) in [5.41, 5.74) is 2.75. The SMILES string of the molecule is COc1cc2c(cc1OC)/C(=C\c1ccc(OC(=O)N3CCN(C)CC3)cc1)C(=O)N2. The first-order chi connectivity index (χ1) is 15.0. The summed E-state index contributed by atoms with van der Waals surface area (Å²) in [5.74, 6) is 1.37. The van der Waals surface area contributed by atoms with Crippen LogP contribution < -0.4 is 19.5 Å². The molecule has 0 bridgehead atoms. The van der Waals surface area contributed by atoms with Crippen molar-refractivity contribution in [1.29, 1.82) is 0 Å².